The molecule has 0 atom stereocenters. The first-order chi connectivity index (χ1) is 10.5. The van der Waals surface area contributed by atoms with Crippen LogP contribution in [0, 0.1) is 27.7 Å². The van der Waals surface area contributed by atoms with E-state index >= 15 is 0 Å². The summed E-state index contributed by atoms with van der Waals surface area (Å²) in [6.45, 7) is 7.94. The van der Waals surface area contributed by atoms with Crippen LogP contribution in [0.15, 0.2) is 28.2 Å². The number of thioether (sulfide) groups is 1. The fraction of sp³-hybridized carbons (Fsp3) is 0.312. The zero-order chi connectivity index (χ0) is 15.9. The summed E-state index contributed by atoms with van der Waals surface area (Å²) in [6, 6.07) is 6.46. The SMILES string of the molecule is Cc1ccc(C)c(CSc2nnc3[nH]c(=O)c(C)c(C)n23)c1. The smallest absolute Gasteiger partial charge is 0.255 e. The summed E-state index contributed by atoms with van der Waals surface area (Å²) in [5, 5.41) is 9.08. The van der Waals surface area contributed by atoms with Crippen LogP contribution in [-0.2, 0) is 5.75 Å². The fourth-order valence-corrected chi connectivity index (χ4v) is 3.42. The molecule has 0 saturated heterocycles. The van der Waals surface area contributed by atoms with Crippen LogP contribution in [0.3, 0.4) is 0 Å². The van der Waals surface area contributed by atoms with Gasteiger partial charge < -0.3 is 0 Å². The second kappa shape index (κ2) is 5.61. The molecule has 114 valence electrons. The Balaban J connectivity index is 1.96. The van der Waals surface area contributed by atoms with Gasteiger partial charge >= 0.3 is 0 Å². The minimum atomic E-state index is -0.108. The van der Waals surface area contributed by atoms with E-state index in [1.807, 2.05) is 18.2 Å². The van der Waals surface area contributed by atoms with Gasteiger partial charge in [0.2, 0.25) is 5.78 Å². The summed E-state index contributed by atoms with van der Waals surface area (Å²) >= 11 is 1.63. The molecule has 0 saturated carbocycles. The second-order valence-corrected chi connectivity index (χ2v) is 6.47. The van der Waals surface area contributed by atoms with Crippen molar-refractivity contribution in [3.8, 4) is 0 Å². The molecular formula is C16H18N4OS. The molecule has 0 aliphatic rings. The number of aryl methyl sites for hydroxylation is 3. The summed E-state index contributed by atoms with van der Waals surface area (Å²) in [4.78, 5) is 14.5. The van der Waals surface area contributed by atoms with Crippen molar-refractivity contribution in [3.05, 3.63) is 56.5 Å². The molecule has 0 unspecified atom stereocenters. The number of nitrogens with zero attached hydrogens (tertiary/aromatic N) is 3. The zero-order valence-corrected chi connectivity index (χ0v) is 13.9. The van der Waals surface area contributed by atoms with Crippen LogP contribution in [-0.4, -0.2) is 19.6 Å². The van der Waals surface area contributed by atoms with Crippen molar-refractivity contribution < 1.29 is 0 Å². The standard InChI is InChI=1S/C16H18N4OS/c1-9-5-6-10(2)13(7-9)8-22-16-19-18-15-17-14(21)11(3)12(4)20(15)16/h5-7H,8H2,1-4H3,(H,17,18,21). The van der Waals surface area contributed by atoms with E-state index in [2.05, 4.69) is 47.2 Å². The number of fused-ring (bicyclic) bond motifs is 1. The first kappa shape index (κ1) is 14.8. The lowest BCUT2D eigenvalue weighted by atomic mass is 10.1. The zero-order valence-electron chi connectivity index (χ0n) is 13.1. The molecule has 3 rings (SSSR count). The van der Waals surface area contributed by atoms with Crippen molar-refractivity contribution >= 4 is 17.5 Å². The van der Waals surface area contributed by atoms with Crippen LogP contribution in [0.25, 0.3) is 5.78 Å². The second-order valence-electron chi connectivity index (χ2n) is 5.52. The van der Waals surface area contributed by atoms with E-state index in [9.17, 15) is 4.79 Å². The van der Waals surface area contributed by atoms with Crippen LogP contribution in [0.1, 0.15) is 27.9 Å². The molecular weight excluding hydrogens is 296 g/mol. The fourth-order valence-electron chi connectivity index (χ4n) is 2.37. The van der Waals surface area contributed by atoms with E-state index in [0.717, 1.165) is 16.6 Å². The Morgan fingerprint density at radius 3 is 2.73 bits per heavy atom. The number of benzene rings is 1. The van der Waals surface area contributed by atoms with Crippen molar-refractivity contribution in [1.82, 2.24) is 19.6 Å². The molecule has 3 aromatic rings. The van der Waals surface area contributed by atoms with E-state index < -0.39 is 0 Å². The van der Waals surface area contributed by atoms with Crippen molar-refractivity contribution in [2.75, 3.05) is 0 Å². The molecule has 6 heteroatoms. The van der Waals surface area contributed by atoms with Gasteiger partial charge in [0.25, 0.3) is 5.56 Å². The lowest BCUT2D eigenvalue weighted by molar-refractivity contribution is 0.875. The molecule has 5 nitrogen and oxygen atoms in total. The highest BCUT2D eigenvalue weighted by Gasteiger charge is 2.13. The van der Waals surface area contributed by atoms with Crippen molar-refractivity contribution in [1.29, 1.82) is 0 Å². The van der Waals surface area contributed by atoms with Gasteiger partial charge in [0, 0.05) is 17.0 Å². The Bertz CT molecular complexity index is 910. The highest BCUT2D eigenvalue weighted by Crippen LogP contribution is 2.24. The van der Waals surface area contributed by atoms with Crippen LogP contribution in [0.5, 0.6) is 0 Å². The molecule has 0 spiro atoms. The van der Waals surface area contributed by atoms with Gasteiger partial charge in [-0.25, -0.2) is 0 Å². The highest BCUT2D eigenvalue weighted by molar-refractivity contribution is 7.98. The first-order valence-corrected chi connectivity index (χ1v) is 8.09. The minimum absolute atomic E-state index is 0.108. The maximum absolute atomic E-state index is 11.8. The van der Waals surface area contributed by atoms with Crippen LogP contribution in [0.2, 0.25) is 0 Å². The predicted octanol–water partition coefficient (Wildman–Crippen LogP) is 2.94. The topological polar surface area (TPSA) is 63.0 Å². The van der Waals surface area contributed by atoms with Crippen LogP contribution in [0.4, 0.5) is 0 Å². The Morgan fingerprint density at radius 1 is 1.18 bits per heavy atom. The minimum Gasteiger partial charge on any atom is -0.290 e. The summed E-state index contributed by atoms with van der Waals surface area (Å²) in [6.07, 6.45) is 0. The number of aromatic amines is 1. The summed E-state index contributed by atoms with van der Waals surface area (Å²) in [7, 11) is 0. The lowest BCUT2D eigenvalue weighted by Crippen LogP contribution is -2.15. The van der Waals surface area contributed by atoms with Crippen LogP contribution < -0.4 is 5.56 Å². The van der Waals surface area contributed by atoms with E-state index in [1.54, 1.807) is 11.8 Å². The lowest BCUT2D eigenvalue weighted by Gasteiger charge is -2.08. The van der Waals surface area contributed by atoms with Crippen molar-refractivity contribution in [2.24, 2.45) is 0 Å². The number of aromatic nitrogens is 4. The number of nitrogens with one attached hydrogen (secondary N) is 1. The molecule has 2 aromatic heterocycles. The van der Waals surface area contributed by atoms with Crippen molar-refractivity contribution in [3.63, 3.8) is 0 Å². The molecule has 22 heavy (non-hydrogen) atoms. The first-order valence-electron chi connectivity index (χ1n) is 7.11. The van der Waals surface area contributed by atoms with Gasteiger partial charge in [0.05, 0.1) is 0 Å². The molecule has 0 aliphatic carbocycles. The Morgan fingerprint density at radius 2 is 1.95 bits per heavy atom. The van der Waals surface area contributed by atoms with E-state index in [4.69, 9.17) is 0 Å². The van der Waals surface area contributed by atoms with Crippen molar-refractivity contribution in [2.45, 2.75) is 38.6 Å². The number of H-pyrrole nitrogens is 1. The monoisotopic (exact) mass is 314 g/mol. The highest BCUT2D eigenvalue weighted by atomic mass is 32.2. The third kappa shape index (κ3) is 2.54. The molecule has 1 aromatic carbocycles. The summed E-state index contributed by atoms with van der Waals surface area (Å²) < 4.78 is 1.91. The average Bonchev–Trinajstić information content (AvgIpc) is 2.88. The van der Waals surface area contributed by atoms with Gasteiger partial charge in [-0.05, 0) is 38.8 Å². The molecule has 0 aliphatic heterocycles. The van der Waals surface area contributed by atoms with Gasteiger partial charge in [-0.2, -0.15) is 0 Å². The van der Waals surface area contributed by atoms with Crippen LogP contribution >= 0.6 is 11.8 Å². The Labute approximate surface area is 132 Å². The number of hydrogen-bond donors (Lipinski definition) is 1. The van der Waals surface area contributed by atoms with E-state index in [-0.39, 0.29) is 5.56 Å². The van der Waals surface area contributed by atoms with E-state index in [0.29, 0.717) is 11.3 Å². The summed E-state index contributed by atoms with van der Waals surface area (Å²) in [5.41, 5.74) is 5.29. The largest absolute Gasteiger partial charge is 0.290 e. The quantitative estimate of drug-likeness (QED) is 0.755. The molecule has 0 radical (unpaired) electrons. The number of rotatable bonds is 3. The van der Waals surface area contributed by atoms with Gasteiger partial charge in [-0.15, -0.1) is 10.2 Å². The maximum atomic E-state index is 11.8. The third-order valence-corrected chi connectivity index (χ3v) is 4.92. The normalized spacial score (nSPS) is 11.3. The summed E-state index contributed by atoms with van der Waals surface area (Å²) in [5.74, 6) is 1.32. The van der Waals surface area contributed by atoms with Gasteiger partial charge in [0.15, 0.2) is 5.16 Å². The van der Waals surface area contributed by atoms with E-state index in [1.165, 1.54) is 16.7 Å². The van der Waals surface area contributed by atoms with Gasteiger partial charge in [0.1, 0.15) is 0 Å². The van der Waals surface area contributed by atoms with Gasteiger partial charge in [-0.1, -0.05) is 35.5 Å². The third-order valence-electron chi connectivity index (χ3n) is 3.94. The number of hydrogen-bond acceptors (Lipinski definition) is 4. The molecule has 0 bridgehead atoms. The Hall–Kier alpha value is -2.08. The maximum Gasteiger partial charge on any atom is 0.255 e. The molecule has 0 amide bonds. The molecule has 1 N–H and O–H groups in total. The average molecular weight is 314 g/mol. The molecule has 2 heterocycles. The Kier molecular flexibility index (Phi) is 3.78. The van der Waals surface area contributed by atoms with Gasteiger partial charge in [-0.3, -0.25) is 14.2 Å². The molecule has 0 fully saturated rings. The predicted molar refractivity (Wildman–Crippen MR) is 88.6 cm³/mol.